The first-order chi connectivity index (χ1) is 7.61. The molecule has 0 unspecified atom stereocenters. The number of halogens is 1. The molecule has 0 saturated carbocycles. The molecule has 5 nitrogen and oxygen atoms in total. The van der Waals surface area contributed by atoms with E-state index in [1.807, 2.05) is 0 Å². The van der Waals surface area contributed by atoms with Crippen LogP contribution in [0.25, 0.3) is 0 Å². The molecule has 1 aromatic rings. The van der Waals surface area contributed by atoms with Crippen LogP contribution in [0.2, 0.25) is 5.02 Å². The lowest BCUT2D eigenvalue weighted by atomic mass is 10.3. The van der Waals surface area contributed by atoms with Crippen LogP contribution in [0, 0.1) is 0 Å². The lowest BCUT2D eigenvalue weighted by Crippen LogP contribution is -2.29. The number of amides is 1. The summed E-state index contributed by atoms with van der Waals surface area (Å²) in [7, 11) is 0. The van der Waals surface area contributed by atoms with Gasteiger partial charge in [-0.05, 0) is 31.2 Å². The number of aliphatic imine (C=N–C) groups is 1. The van der Waals surface area contributed by atoms with Crippen molar-refractivity contribution in [1.82, 2.24) is 5.32 Å². The van der Waals surface area contributed by atoms with E-state index in [4.69, 9.17) is 17.3 Å². The minimum absolute atomic E-state index is 0.215. The second-order valence-electron chi connectivity index (χ2n) is 2.85. The van der Waals surface area contributed by atoms with Crippen LogP contribution >= 0.6 is 11.6 Å². The molecule has 6 heteroatoms. The predicted molar refractivity (Wildman–Crippen MR) is 62.9 cm³/mol. The molecule has 16 heavy (non-hydrogen) atoms. The van der Waals surface area contributed by atoms with E-state index in [-0.39, 0.29) is 6.02 Å². The molecule has 86 valence electrons. The van der Waals surface area contributed by atoms with E-state index in [9.17, 15) is 4.79 Å². The molecule has 0 radical (unpaired) electrons. The van der Waals surface area contributed by atoms with Gasteiger partial charge in [-0.15, -0.1) is 0 Å². The summed E-state index contributed by atoms with van der Waals surface area (Å²) in [5.41, 5.74) is 5.97. The van der Waals surface area contributed by atoms with Crippen LogP contribution in [0.1, 0.15) is 6.92 Å². The van der Waals surface area contributed by atoms with Crippen molar-refractivity contribution < 1.29 is 9.53 Å². The number of amidine groups is 1. The maximum absolute atomic E-state index is 11.0. The number of nitrogens with zero attached hydrogens (tertiary/aromatic N) is 1. The van der Waals surface area contributed by atoms with Gasteiger partial charge >= 0.3 is 6.09 Å². The van der Waals surface area contributed by atoms with Crippen molar-refractivity contribution in [3.63, 3.8) is 0 Å². The molecule has 0 spiro atoms. The third kappa shape index (κ3) is 4.18. The molecule has 0 fully saturated rings. The van der Waals surface area contributed by atoms with Crippen molar-refractivity contribution in [3.8, 4) is 0 Å². The number of carbonyl (C=O) groups excluding carboxylic acids is 1. The Labute approximate surface area is 98.3 Å². The van der Waals surface area contributed by atoms with Crippen LogP contribution in [0.4, 0.5) is 10.5 Å². The third-order valence-corrected chi connectivity index (χ3v) is 1.84. The van der Waals surface area contributed by atoms with Crippen LogP contribution in [-0.4, -0.2) is 18.7 Å². The summed E-state index contributed by atoms with van der Waals surface area (Å²) in [6.45, 7) is 2.24. The van der Waals surface area contributed by atoms with E-state index in [1.54, 1.807) is 31.2 Å². The monoisotopic (exact) mass is 241 g/mol. The minimum Gasteiger partial charge on any atom is -0.376 e. The summed E-state index contributed by atoms with van der Waals surface area (Å²) in [6.07, 6.45) is -0.627. The Morgan fingerprint density at radius 3 is 2.69 bits per heavy atom. The quantitative estimate of drug-likeness (QED) is 0.614. The first-order valence-electron chi connectivity index (χ1n) is 4.67. The standard InChI is InChI=1S/C10H12ClN3O2/c1-2-13-10(15)16-9(12)14-8-5-3-7(11)4-6-8/h3-6H,2H2,1H3,(H2,12,14)(H,13,15). The molecule has 0 aliphatic rings. The number of hydrogen-bond donors (Lipinski definition) is 2. The fourth-order valence-corrected chi connectivity index (χ4v) is 1.07. The Morgan fingerprint density at radius 1 is 1.50 bits per heavy atom. The second kappa shape index (κ2) is 5.97. The SMILES string of the molecule is CCNC(=O)OC(N)=Nc1ccc(Cl)cc1. The zero-order valence-electron chi connectivity index (χ0n) is 8.74. The number of carbonyl (C=O) groups is 1. The lowest BCUT2D eigenvalue weighted by molar-refractivity contribution is 0.197. The molecular formula is C10H12ClN3O2. The largest absolute Gasteiger partial charge is 0.415 e. The Morgan fingerprint density at radius 2 is 2.12 bits per heavy atom. The highest BCUT2D eigenvalue weighted by molar-refractivity contribution is 6.30. The van der Waals surface area contributed by atoms with Crippen LogP contribution in [0.5, 0.6) is 0 Å². The Hall–Kier alpha value is -1.75. The van der Waals surface area contributed by atoms with Crippen molar-refractivity contribution >= 4 is 29.4 Å². The smallest absolute Gasteiger partial charge is 0.376 e. The van der Waals surface area contributed by atoms with Gasteiger partial charge in [-0.25, -0.2) is 4.79 Å². The molecule has 3 N–H and O–H groups in total. The molecule has 0 bridgehead atoms. The molecule has 0 atom stereocenters. The maximum Gasteiger partial charge on any atom is 0.415 e. The lowest BCUT2D eigenvalue weighted by Gasteiger charge is -2.03. The highest BCUT2D eigenvalue weighted by atomic mass is 35.5. The van der Waals surface area contributed by atoms with Gasteiger partial charge in [-0.1, -0.05) is 11.6 Å². The van der Waals surface area contributed by atoms with Gasteiger partial charge in [0.05, 0.1) is 5.69 Å². The maximum atomic E-state index is 11.0. The van der Waals surface area contributed by atoms with E-state index in [0.29, 0.717) is 17.3 Å². The number of alkyl carbamates (subject to hydrolysis) is 1. The molecule has 1 amide bonds. The Kier molecular flexibility index (Phi) is 4.60. The van der Waals surface area contributed by atoms with Crippen LogP contribution in [-0.2, 0) is 4.74 Å². The van der Waals surface area contributed by atoms with Crippen molar-refractivity contribution in [1.29, 1.82) is 0 Å². The summed E-state index contributed by atoms with van der Waals surface area (Å²) >= 11 is 5.70. The average molecular weight is 242 g/mol. The van der Waals surface area contributed by atoms with E-state index in [0.717, 1.165) is 0 Å². The molecular weight excluding hydrogens is 230 g/mol. The van der Waals surface area contributed by atoms with Gasteiger partial charge in [0.25, 0.3) is 6.02 Å². The van der Waals surface area contributed by atoms with Gasteiger partial charge in [0.15, 0.2) is 0 Å². The van der Waals surface area contributed by atoms with Gasteiger partial charge < -0.3 is 15.8 Å². The van der Waals surface area contributed by atoms with Crippen LogP contribution in [0.3, 0.4) is 0 Å². The van der Waals surface area contributed by atoms with Crippen LogP contribution in [0.15, 0.2) is 29.3 Å². The summed E-state index contributed by atoms with van der Waals surface area (Å²) in [5.74, 6) is 0. The summed E-state index contributed by atoms with van der Waals surface area (Å²) in [4.78, 5) is 14.9. The van der Waals surface area contributed by atoms with Crippen molar-refractivity contribution in [2.75, 3.05) is 6.54 Å². The molecule has 0 aromatic heterocycles. The van der Waals surface area contributed by atoms with Crippen molar-refractivity contribution in [3.05, 3.63) is 29.3 Å². The highest BCUT2D eigenvalue weighted by Gasteiger charge is 2.02. The number of nitrogens with two attached hydrogens (primary N) is 1. The first-order valence-corrected chi connectivity index (χ1v) is 5.05. The molecule has 0 aliphatic carbocycles. The van der Waals surface area contributed by atoms with E-state index in [2.05, 4.69) is 15.0 Å². The van der Waals surface area contributed by atoms with Gasteiger partial charge in [0.1, 0.15) is 0 Å². The molecule has 0 heterocycles. The van der Waals surface area contributed by atoms with Gasteiger partial charge in [-0.3, -0.25) is 0 Å². The molecule has 0 saturated heterocycles. The van der Waals surface area contributed by atoms with Gasteiger partial charge in [-0.2, -0.15) is 4.99 Å². The summed E-state index contributed by atoms with van der Waals surface area (Å²) in [5, 5.41) is 3.03. The fourth-order valence-electron chi connectivity index (χ4n) is 0.941. The summed E-state index contributed by atoms with van der Waals surface area (Å²) < 4.78 is 4.67. The zero-order chi connectivity index (χ0) is 12.0. The highest BCUT2D eigenvalue weighted by Crippen LogP contribution is 2.15. The van der Waals surface area contributed by atoms with E-state index in [1.165, 1.54) is 0 Å². The van der Waals surface area contributed by atoms with Gasteiger partial charge in [0.2, 0.25) is 0 Å². The van der Waals surface area contributed by atoms with Gasteiger partial charge in [0, 0.05) is 11.6 Å². The van der Waals surface area contributed by atoms with Crippen molar-refractivity contribution in [2.45, 2.75) is 6.92 Å². The van der Waals surface area contributed by atoms with E-state index >= 15 is 0 Å². The minimum atomic E-state index is -0.627. The number of rotatable bonds is 2. The first kappa shape index (κ1) is 12.3. The Balaban J connectivity index is 2.62. The number of nitrogens with one attached hydrogen (secondary N) is 1. The third-order valence-electron chi connectivity index (χ3n) is 1.58. The zero-order valence-corrected chi connectivity index (χ0v) is 9.49. The fraction of sp³-hybridized carbons (Fsp3) is 0.200. The normalized spacial score (nSPS) is 11.0. The number of hydrogen-bond acceptors (Lipinski definition) is 3. The second-order valence-corrected chi connectivity index (χ2v) is 3.28. The topological polar surface area (TPSA) is 76.7 Å². The molecule has 0 aliphatic heterocycles. The number of benzene rings is 1. The Bertz CT molecular complexity index is 390. The summed E-state index contributed by atoms with van der Waals surface area (Å²) in [6, 6.07) is 6.44. The molecule has 1 aromatic carbocycles. The average Bonchev–Trinajstić information content (AvgIpc) is 2.21. The number of ether oxygens (including phenoxy) is 1. The molecule has 1 rings (SSSR count). The van der Waals surface area contributed by atoms with Crippen molar-refractivity contribution in [2.24, 2.45) is 10.7 Å². The predicted octanol–water partition coefficient (Wildman–Crippen LogP) is 2.03. The van der Waals surface area contributed by atoms with Crippen LogP contribution < -0.4 is 11.1 Å². The van der Waals surface area contributed by atoms with E-state index < -0.39 is 6.09 Å².